The molecule has 0 aliphatic carbocycles. The van der Waals surface area contributed by atoms with E-state index in [1.807, 2.05) is 19.9 Å². The molecule has 4 heteroatoms. The average Bonchev–Trinajstić information content (AvgIpc) is 2.30. The fourth-order valence-corrected chi connectivity index (χ4v) is 2.26. The summed E-state index contributed by atoms with van der Waals surface area (Å²) in [6.45, 7) is 5.89. The molecule has 1 heterocycles. The highest BCUT2D eigenvalue weighted by molar-refractivity contribution is 5.57. The van der Waals surface area contributed by atoms with Crippen LogP contribution in [-0.2, 0) is 4.74 Å². The predicted octanol–water partition coefficient (Wildman–Crippen LogP) is 2.07. The van der Waals surface area contributed by atoms with Crippen LogP contribution in [0, 0.1) is 5.82 Å². The second-order valence-corrected chi connectivity index (χ2v) is 4.58. The van der Waals surface area contributed by atoms with Crippen molar-refractivity contribution in [1.82, 2.24) is 0 Å². The van der Waals surface area contributed by atoms with Crippen molar-refractivity contribution in [1.29, 1.82) is 0 Å². The molecule has 17 heavy (non-hydrogen) atoms. The van der Waals surface area contributed by atoms with Gasteiger partial charge in [0.1, 0.15) is 5.82 Å². The molecule has 1 aliphatic heterocycles. The molecule has 0 bridgehead atoms. The van der Waals surface area contributed by atoms with Gasteiger partial charge in [-0.05, 0) is 25.5 Å². The lowest BCUT2D eigenvalue weighted by Crippen LogP contribution is -2.44. The Labute approximate surface area is 101 Å². The molecule has 1 aromatic carbocycles. The van der Waals surface area contributed by atoms with Crippen LogP contribution in [0.5, 0.6) is 0 Å². The molecule has 3 nitrogen and oxygen atoms in total. The summed E-state index contributed by atoms with van der Waals surface area (Å²) >= 11 is 0. The van der Waals surface area contributed by atoms with Crippen molar-refractivity contribution in [3.8, 4) is 0 Å². The molecule has 2 atom stereocenters. The van der Waals surface area contributed by atoms with Crippen molar-refractivity contribution in [2.45, 2.75) is 25.9 Å². The summed E-state index contributed by atoms with van der Waals surface area (Å²) in [6, 6.07) is 5.10. The van der Waals surface area contributed by atoms with Crippen molar-refractivity contribution >= 4 is 5.69 Å². The van der Waals surface area contributed by atoms with Gasteiger partial charge in [0.15, 0.2) is 0 Å². The maximum absolute atomic E-state index is 14.0. The Hall–Kier alpha value is -1.13. The lowest BCUT2D eigenvalue weighted by molar-refractivity contribution is 0.0984. The first-order valence-corrected chi connectivity index (χ1v) is 5.99. The monoisotopic (exact) mass is 238 g/mol. The minimum Gasteiger partial charge on any atom is -0.377 e. The van der Waals surface area contributed by atoms with E-state index in [9.17, 15) is 4.39 Å². The van der Waals surface area contributed by atoms with E-state index < -0.39 is 0 Å². The van der Waals surface area contributed by atoms with Gasteiger partial charge in [-0.15, -0.1) is 0 Å². The van der Waals surface area contributed by atoms with Crippen LogP contribution in [0.2, 0.25) is 0 Å². The third kappa shape index (κ3) is 2.42. The maximum Gasteiger partial charge on any atom is 0.146 e. The number of nitrogens with two attached hydrogens (primary N) is 1. The van der Waals surface area contributed by atoms with Gasteiger partial charge in [0, 0.05) is 18.6 Å². The van der Waals surface area contributed by atoms with Crippen molar-refractivity contribution in [2.24, 2.45) is 5.73 Å². The van der Waals surface area contributed by atoms with Crippen molar-refractivity contribution < 1.29 is 9.13 Å². The van der Waals surface area contributed by atoms with Crippen LogP contribution in [0.3, 0.4) is 0 Å². The summed E-state index contributed by atoms with van der Waals surface area (Å²) in [4.78, 5) is 2.05. The summed E-state index contributed by atoms with van der Waals surface area (Å²) in [5, 5.41) is 0. The number of para-hydroxylation sites is 1. The van der Waals surface area contributed by atoms with Crippen LogP contribution >= 0.6 is 0 Å². The third-order valence-corrected chi connectivity index (χ3v) is 3.16. The maximum atomic E-state index is 14.0. The number of benzene rings is 1. The molecule has 2 N–H and O–H groups in total. The Kier molecular flexibility index (Phi) is 3.64. The van der Waals surface area contributed by atoms with Gasteiger partial charge in [0.25, 0.3) is 0 Å². The van der Waals surface area contributed by atoms with Gasteiger partial charge < -0.3 is 15.4 Å². The highest BCUT2D eigenvalue weighted by atomic mass is 19.1. The van der Waals surface area contributed by atoms with Crippen LogP contribution in [0.25, 0.3) is 0 Å². The summed E-state index contributed by atoms with van der Waals surface area (Å²) < 4.78 is 19.4. The van der Waals surface area contributed by atoms with Gasteiger partial charge in [-0.2, -0.15) is 0 Å². The van der Waals surface area contributed by atoms with Crippen LogP contribution in [-0.4, -0.2) is 25.8 Å². The zero-order chi connectivity index (χ0) is 12.4. The van der Waals surface area contributed by atoms with Crippen LogP contribution in [0.1, 0.15) is 25.5 Å². The number of ether oxygens (including phenoxy) is 1. The molecule has 0 aromatic heterocycles. The Balaban J connectivity index is 2.41. The number of nitrogens with zero attached hydrogens (tertiary/aromatic N) is 1. The molecule has 1 saturated heterocycles. The van der Waals surface area contributed by atoms with Crippen molar-refractivity contribution in [3.63, 3.8) is 0 Å². The van der Waals surface area contributed by atoms with Crippen LogP contribution in [0.15, 0.2) is 18.2 Å². The van der Waals surface area contributed by atoms with E-state index >= 15 is 0 Å². The first-order chi connectivity index (χ1) is 8.11. The lowest BCUT2D eigenvalue weighted by atomic mass is 10.0. The normalized spacial score (nSPS) is 22.6. The summed E-state index contributed by atoms with van der Waals surface area (Å²) in [7, 11) is 0. The second kappa shape index (κ2) is 5.02. The molecular formula is C13H19FN2O. The number of rotatable bonds is 2. The second-order valence-electron chi connectivity index (χ2n) is 4.58. The molecule has 0 radical (unpaired) electrons. The van der Waals surface area contributed by atoms with E-state index in [0.29, 0.717) is 25.4 Å². The SMILES string of the molecule is CC1COCCN1c1c(F)cccc1[C@@H](C)N. The minimum absolute atomic E-state index is 0.171. The zero-order valence-electron chi connectivity index (χ0n) is 10.3. The van der Waals surface area contributed by atoms with Gasteiger partial charge in [-0.1, -0.05) is 12.1 Å². The van der Waals surface area contributed by atoms with E-state index in [-0.39, 0.29) is 17.9 Å². The Bertz CT molecular complexity index is 395. The predicted molar refractivity (Wildman–Crippen MR) is 66.6 cm³/mol. The summed E-state index contributed by atoms with van der Waals surface area (Å²) in [5.74, 6) is -0.200. The fraction of sp³-hybridized carbons (Fsp3) is 0.538. The van der Waals surface area contributed by atoms with Crippen molar-refractivity contribution in [3.05, 3.63) is 29.6 Å². The molecule has 1 unspecified atom stereocenters. The largest absolute Gasteiger partial charge is 0.377 e. The van der Waals surface area contributed by atoms with E-state index in [0.717, 1.165) is 5.56 Å². The van der Waals surface area contributed by atoms with Gasteiger partial charge in [-0.3, -0.25) is 0 Å². The van der Waals surface area contributed by atoms with Gasteiger partial charge >= 0.3 is 0 Å². The number of morpholine rings is 1. The Morgan fingerprint density at radius 2 is 2.29 bits per heavy atom. The molecule has 2 rings (SSSR count). The molecule has 1 aliphatic rings. The quantitative estimate of drug-likeness (QED) is 0.857. The highest BCUT2D eigenvalue weighted by Gasteiger charge is 2.24. The molecule has 0 spiro atoms. The van der Waals surface area contributed by atoms with E-state index in [1.165, 1.54) is 6.07 Å². The number of hydrogen-bond donors (Lipinski definition) is 1. The lowest BCUT2D eigenvalue weighted by Gasteiger charge is -2.37. The number of anilines is 1. The van der Waals surface area contributed by atoms with Crippen LogP contribution in [0.4, 0.5) is 10.1 Å². The van der Waals surface area contributed by atoms with E-state index in [4.69, 9.17) is 10.5 Å². The first-order valence-electron chi connectivity index (χ1n) is 5.99. The minimum atomic E-state index is -0.200. The number of hydrogen-bond acceptors (Lipinski definition) is 3. The summed E-state index contributed by atoms with van der Waals surface area (Å²) in [5.41, 5.74) is 7.41. The molecule has 1 fully saturated rings. The Morgan fingerprint density at radius 3 is 2.94 bits per heavy atom. The molecular weight excluding hydrogens is 219 g/mol. The first kappa shape index (κ1) is 12.3. The standard InChI is InChI=1S/C13H19FN2O/c1-9-8-17-7-6-16(9)13-11(10(2)15)4-3-5-12(13)14/h3-5,9-10H,6-8,15H2,1-2H3/t9?,10-/m1/s1. The van der Waals surface area contributed by atoms with Gasteiger partial charge in [0.2, 0.25) is 0 Å². The van der Waals surface area contributed by atoms with Crippen LogP contribution < -0.4 is 10.6 Å². The van der Waals surface area contributed by atoms with Crippen molar-refractivity contribution in [2.75, 3.05) is 24.7 Å². The fourth-order valence-electron chi connectivity index (χ4n) is 2.26. The number of halogens is 1. The average molecular weight is 238 g/mol. The highest BCUT2D eigenvalue weighted by Crippen LogP contribution is 2.30. The molecule has 0 amide bonds. The smallest absolute Gasteiger partial charge is 0.146 e. The summed E-state index contributed by atoms with van der Waals surface area (Å²) in [6.07, 6.45) is 0. The zero-order valence-corrected chi connectivity index (χ0v) is 10.3. The topological polar surface area (TPSA) is 38.5 Å². The molecule has 1 aromatic rings. The van der Waals surface area contributed by atoms with Gasteiger partial charge in [-0.25, -0.2) is 4.39 Å². The molecule has 94 valence electrons. The molecule has 0 saturated carbocycles. The third-order valence-electron chi connectivity index (χ3n) is 3.16. The Morgan fingerprint density at radius 1 is 1.53 bits per heavy atom. The van der Waals surface area contributed by atoms with Gasteiger partial charge in [0.05, 0.1) is 18.9 Å². The van der Waals surface area contributed by atoms with E-state index in [2.05, 4.69) is 4.90 Å². The van der Waals surface area contributed by atoms with E-state index in [1.54, 1.807) is 6.07 Å².